The molecular weight excluding hydrogens is 355 g/mol. The fourth-order valence-corrected chi connectivity index (χ4v) is 3.25. The van der Waals surface area contributed by atoms with Crippen molar-refractivity contribution in [3.8, 4) is 5.75 Å². The maximum Gasteiger partial charge on any atom is 0.263 e. The number of carbonyl (C=O) groups is 1. The molecule has 0 N–H and O–H groups in total. The molecule has 0 radical (unpaired) electrons. The molecule has 26 heavy (non-hydrogen) atoms. The van der Waals surface area contributed by atoms with Crippen LogP contribution in [0, 0.1) is 5.82 Å². The summed E-state index contributed by atoms with van der Waals surface area (Å²) >= 11 is 6.05. The summed E-state index contributed by atoms with van der Waals surface area (Å²) in [5.41, 5.74) is 1.05. The molecule has 6 heteroatoms. The smallest absolute Gasteiger partial charge is 0.263 e. The topological polar surface area (TPSA) is 32.8 Å². The van der Waals surface area contributed by atoms with Crippen LogP contribution in [0.5, 0.6) is 5.75 Å². The lowest BCUT2D eigenvalue weighted by molar-refractivity contribution is -0.139. The van der Waals surface area contributed by atoms with Crippen molar-refractivity contribution in [3.05, 3.63) is 59.4 Å². The molecule has 138 valence electrons. The second-order valence-electron chi connectivity index (χ2n) is 6.24. The highest BCUT2D eigenvalue weighted by atomic mass is 35.5. The second-order valence-corrected chi connectivity index (χ2v) is 6.67. The van der Waals surface area contributed by atoms with Crippen LogP contribution in [0.3, 0.4) is 0 Å². The standard InChI is InChI=1S/C20H22ClFN2O2/c1-2-18(26-19-9-4-3-8-17(19)22)20(25)24-12-10-23(11-13-24)16-7-5-6-15(21)14-16/h3-9,14,18H,2,10-13H2,1H3/t18-/m1/s1. The van der Waals surface area contributed by atoms with Crippen molar-refractivity contribution in [2.45, 2.75) is 19.4 Å². The largest absolute Gasteiger partial charge is 0.478 e. The predicted octanol–water partition coefficient (Wildman–Crippen LogP) is 3.99. The molecule has 4 nitrogen and oxygen atoms in total. The van der Waals surface area contributed by atoms with Gasteiger partial charge in [-0.25, -0.2) is 4.39 Å². The molecule has 1 aliphatic heterocycles. The van der Waals surface area contributed by atoms with Crippen LogP contribution in [0.4, 0.5) is 10.1 Å². The normalized spacial score (nSPS) is 15.7. The summed E-state index contributed by atoms with van der Waals surface area (Å²) in [5.74, 6) is -0.434. The number of hydrogen-bond acceptors (Lipinski definition) is 3. The van der Waals surface area contributed by atoms with Gasteiger partial charge in [0.2, 0.25) is 0 Å². The van der Waals surface area contributed by atoms with Crippen LogP contribution in [-0.4, -0.2) is 43.1 Å². The fourth-order valence-electron chi connectivity index (χ4n) is 3.06. The zero-order chi connectivity index (χ0) is 18.5. The summed E-state index contributed by atoms with van der Waals surface area (Å²) in [6.45, 7) is 4.51. The fraction of sp³-hybridized carbons (Fsp3) is 0.350. The number of anilines is 1. The Morgan fingerprint density at radius 1 is 1.15 bits per heavy atom. The van der Waals surface area contributed by atoms with Gasteiger partial charge in [0.15, 0.2) is 17.7 Å². The Kier molecular flexibility index (Phi) is 5.99. The SMILES string of the molecule is CC[C@@H](Oc1ccccc1F)C(=O)N1CCN(c2cccc(Cl)c2)CC1. The molecule has 0 bridgehead atoms. The molecule has 3 rings (SSSR count). The number of ether oxygens (including phenoxy) is 1. The molecule has 0 unspecified atom stereocenters. The third-order valence-electron chi connectivity index (χ3n) is 4.52. The monoisotopic (exact) mass is 376 g/mol. The zero-order valence-corrected chi connectivity index (χ0v) is 15.5. The van der Waals surface area contributed by atoms with Gasteiger partial charge in [0.25, 0.3) is 5.91 Å². The Balaban J connectivity index is 1.60. The maximum absolute atomic E-state index is 13.8. The quantitative estimate of drug-likeness (QED) is 0.791. The lowest BCUT2D eigenvalue weighted by Crippen LogP contribution is -2.52. The van der Waals surface area contributed by atoms with Crippen LogP contribution in [0.25, 0.3) is 0 Å². The summed E-state index contributed by atoms with van der Waals surface area (Å²) in [4.78, 5) is 16.8. The first-order valence-electron chi connectivity index (χ1n) is 8.79. The van der Waals surface area contributed by atoms with Gasteiger partial charge < -0.3 is 14.5 Å². The molecule has 0 saturated carbocycles. The van der Waals surface area contributed by atoms with Crippen molar-refractivity contribution in [3.63, 3.8) is 0 Å². The zero-order valence-electron chi connectivity index (χ0n) is 14.7. The molecule has 0 aliphatic carbocycles. The molecule has 0 spiro atoms. The van der Waals surface area contributed by atoms with Crippen molar-refractivity contribution in [1.82, 2.24) is 4.90 Å². The molecule has 1 atom stereocenters. The van der Waals surface area contributed by atoms with Crippen molar-refractivity contribution >= 4 is 23.2 Å². The first-order valence-corrected chi connectivity index (χ1v) is 9.16. The van der Waals surface area contributed by atoms with Crippen molar-refractivity contribution in [1.29, 1.82) is 0 Å². The highest BCUT2D eigenvalue weighted by Gasteiger charge is 2.28. The molecule has 1 heterocycles. The van der Waals surface area contributed by atoms with E-state index in [1.54, 1.807) is 23.1 Å². The van der Waals surface area contributed by atoms with E-state index in [-0.39, 0.29) is 11.7 Å². The van der Waals surface area contributed by atoms with E-state index in [0.717, 1.165) is 18.8 Å². The molecule has 2 aromatic carbocycles. The van der Waals surface area contributed by atoms with E-state index in [1.807, 2.05) is 31.2 Å². The molecule has 1 fully saturated rings. The molecule has 1 amide bonds. The Hall–Kier alpha value is -2.27. The van der Waals surface area contributed by atoms with Gasteiger partial charge in [-0.3, -0.25) is 4.79 Å². The third-order valence-corrected chi connectivity index (χ3v) is 4.75. The number of halogens is 2. The summed E-state index contributed by atoms with van der Waals surface area (Å²) in [6.07, 6.45) is -0.189. The minimum atomic E-state index is -0.676. The lowest BCUT2D eigenvalue weighted by atomic mass is 10.2. The van der Waals surface area contributed by atoms with E-state index in [4.69, 9.17) is 16.3 Å². The van der Waals surface area contributed by atoms with E-state index in [2.05, 4.69) is 4.90 Å². The lowest BCUT2D eigenvalue weighted by Gasteiger charge is -2.37. The minimum absolute atomic E-state index is 0.0958. The van der Waals surface area contributed by atoms with E-state index in [0.29, 0.717) is 24.5 Å². The third kappa shape index (κ3) is 4.28. The average Bonchev–Trinajstić information content (AvgIpc) is 2.67. The number of piperazine rings is 1. The van der Waals surface area contributed by atoms with Gasteiger partial charge in [0.05, 0.1) is 0 Å². The van der Waals surface area contributed by atoms with Gasteiger partial charge in [-0.15, -0.1) is 0 Å². The second kappa shape index (κ2) is 8.41. The van der Waals surface area contributed by atoms with Gasteiger partial charge in [0, 0.05) is 36.9 Å². The van der Waals surface area contributed by atoms with Crippen LogP contribution in [-0.2, 0) is 4.79 Å². The van der Waals surface area contributed by atoms with Crippen molar-refractivity contribution in [2.75, 3.05) is 31.1 Å². The molecule has 0 aromatic heterocycles. The molecule has 2 aromatic rings. The predicted molar refractivity (Wildman–Crippen MR) is 101 cm³/mol. The maximum atomic E-state index is 13.8. The summed E-state index contributed by atoms with van der Waals surface area (Å²) in [6, 6.07) is 13.9. The number of benzene rings is 2. The van der Waals surface area contributed by atoms with Crippen molar-refractivity contribution < 1.29 is 13.9 Å². The van der Waals surface area contributed by atoms with E-state index in [1.165, 1.54) is 6.07 Å². The first-order chi connectivity index (χ1) is 12.6. The minimum Gasteiger partial charge on any atom is -0.478 e. The average molecular weight is 377 g/mol. The van der Waals surface area contributed by atoms with Gasteiger partial charge in [-0.2, -0.15) is 0 Å². The van der Waals surface area contributed by atoms with Crippen molar-refractivity contribution in [2.24, 2.45) is 0 Å². The van der Waals surface area contributed by atoms with Gasteiger partial charge in [0.1, 0.15) is 0 Å². The molecular formula is C20H22ClFN2O2. The Bertz CT molecular complexity index is 763. The van der Waals surface area contributed by atoms with Gasteiger partial charge >= 0.3 is 0 Å². The first kappa shape index (κ1) is 18.5. The van der Waals surface area contributed by atoms with Crippen LogP contribution in [0.1, 0.15) is 13.3 Å². The number of para-hydroxylation sites is 1. The van der Waals surface area contributed by atoms with Crippen LogP contribution < -0.4 is 9.64 Å². The summed E-state index contributed by atoms with van der Waals surface area (Å²) in [5, 5.41) is 0.699. The Morgan fingerprint density at radius 2 is 1.88 bits per heavy atom. The molecule has 1 aliphatic rings. The highest BCUT2D eigenvalue weighted by Crippen LogP contribution is 2.22. The Labute approximate surface area is 158 Å². The number of nitrogens with zero attached hydrogens (tertiary/aromatic N) is 2. The van der Waals surface area contributed by atoms with E-state index < -0.39 is 11.9 Å². The van der Waals surface area contributed by atoms with Crippen LogP contribution in [0.2, 0.25) is 5.02 Å². The van der Waals surface area contributed by atoms with E-state index in [9.17, 15) is 9.18 Å². The highest BCUT2D eigenvalue weighted by molar-refractivity contribution is 6.30. The van der Waals surface area contributed by atoms with Crippen LogP contribution in [0.15, 0.2) is 48.5 Å². The Morgan fingerprint density at radius 3 is 2.54 bits per heavy atom. The van der Waals surface area contributed by atoms with E-state index >= 15 is 0 Å². The summed E-state index contributed by atoms with van der Waals surface area (Å²) < 4.78 is 19.4. The number of rotatable bonds is 5. The number of carbonyl (C=O) groups excluding carboxylic acids is 1. The molecule has 1 saturated heterocycles. The van der Waals surface area contributed by atoms with Gasteiger partial charge in [-0.05, 0) is 36.8 Å². The van der Waals surface area contributed by atoms with Crippen LogP contribution >= 0.6 is 11.6 Å². The number of amides is 1. The van der Waals surface area contributed by atoms with Gasteiger partial charge in [-0.1, -0.05) is 36.7 Å². The number of hydrogen-bond donors (Lipinski definition) is 0. The summed E-state index contributed by atoms with van der Waals surface area (Å²) in [7, 11) is 0.